The number of amides is 1. The molecule has 3 heterocycles. The Labute approximate surface area is 156 Å². The molecule has 1 amide bonds. The van der Waals surface area contributed by atoms with Gasteiger partial charge in [0.05, 0.1) is 24.9 Å². The van der Waals surface area contributed by atoms with Crippen LogP contribution in [0.15, 0.2) is 65.7 Å². The number of aromatic amines is 1. The Balaban J connectivity index is 1.46. The largest absolute Gasteiger partial charge is 0.379 e. The van der Waals surface area contributed by atoms with Gasteiger partial charge in [0.1, 0.15) is 5.69 Å². The molecule has 0 spiro atoms. The average molecular weight is 364 g/mol. The van der Waals surface area contributed by atoms with E-state index >= 15 is 0 Å². The molecule has 2 aromatic heterocycles. The second-order valence-corrected chi connectivity index (χ2v) is 6.62. The summed E-state index contributed by atoms with van der Waals surface area (Å²) < 4.78 is 6.93. The monoisotopic (exact) mass is 364 g/mol. The maximum atomic E-state index is 12.6. The fraction of sp³-hybridized carbons (Fsp3) is 0.250. The molecule has 0 aliphatic carbocycles. The molecule has 1 aliphatic rings. The number of hydrogen-bond acceptors (Lipinski definition) is 4. The summed E-state index contributed by atoms with van der Waals surface area (Å²) >= 11 is 0. The van der Waals surface area contributed by atoms with Gasteiger partial charge in [-0.2, -0.15) is 0 Å². The molecule has 0 bridgehead atoms. The van der Waals surface area contributed by atoms with E-state index < -0.39 is 0 Å². The van der Waals surface area contributed by atoms with Gasteiger partial charge < -0.3 is 10.1 Å². The van der Waals surface area contributed by atoms with Crippen molar-refractivity contribution in [3.63, 3.8) is 0 Å². The number of aromatic nitrogens is 3. The Kier molecular flexibility index (Phi) is 4.84. The molecule has 138 valence electrons. The minimum absolute atomic E-state index is 0.103. The predicted octanol–water partition coefficient (Wildman–Crippen LogP) is 1.55. The van der Waals surface area contributed by atoms with Crippen LogP contribution in [0.25, 0.3) is 5.69 Å². The van der Waals surface area contributed by atoms with Gasteiger partial charge in [0.2, 0.25) is 0 Å². The maximum absolute atomic E-state index is 12.6. The molecule has 3 aromatic rings. The molecule has 2 N–H and O–H groups in total. The van der Waals surface area contributed by atoms with Crippen LogP contribution in [-0.4, -0.2) is 39.9 Å². The summed E-state index contributed by atoms with van der Waals surface area (Å²) in [4.78, 5) is 28.9. The molecule has 2 atom stereocenters. The van der Waals surface area contributed by atoms with Crippen molar-refractivity contribution in [3.05, 3.63) is 82.5 Å². The van der Waals surface area contributed by atoms with Crippen LogP contribution >= 0.6 is 0 Å². The van der Waals surface area contributed by atoms with Gasteiger partial charge in [-0.25, -0.2) is 4.68 Å². The fourth-order valence-electron chi connectivity index (χ4n) is 3.31. The first-order valence-corrected chi connectivity index (χ1v) is 8.86. The zero-order chi connectivity index (χ0) is 18.6. The normalized spacial score (nSPS) is 19.1. The number of pyridine rings is 1. The first kappa shape index (κ1) is 17.2. The van der Waals surface area contributed by atoms with Gasteiger partial charge in [0, 0.05) is 24.4 Å². The Hall–Kier alpha value is -3.19. The predicted molar refractivity (Wildman–Crippen MR) is 99.9 cm³/mol. The number of nitrogens with zero attached hydrogens (tertiary/aromatic N) is 2. The molecular weight excluding hydrogens is 344 g/mol. The lowest BCUT2D eigenvalue weighted by Crippen LogP contribution is -2.40. The third-order valence-corrected chi connectivity index (χ3v) is 4.74. The topological polar surface area (TPSA) is 89.0 Å². The van der Waals surface area contributed by atoms with Crippen molar-refractivity contribution < 1.29 is 9.53 Å². The summed E-state index contributed by atoms with van der Waals surface area (Å²) in [7, 11) is 0. The third-order valence-electron chi connectivity index (χ3n) is 4.74. The zero-order valence-corrected chi connectivity index (χ0v) is 14.7. The summed E-state index contributed by atoms with van der Waals surface area (Å²) in [5, 5.41) is 5.87. The van der Waals surface area contributed by atoms with Gasteiger partial charge in [0.25, 0.3) is 11.5 Å². The smallest absolute Gasteiger partial charge is 0.271 e. The Morgan fingerprint density at radius 1 is 1.19 bits per heavy atom. The van der Waals surface area contributed by atoms with Crippen molar-refractivity contribution >= 4 is 5.91 Å². The van der Waals surface area contributed by atoms with Crippen LogP contribution in [0.2, 0.25) is 0 Å². The minimum Gasteiger partial charge on any atom is -0.379 e. The standard InChI is InChI=1S/C20H20N4O3/c25-19-11-17(23-24(19)16-4-2-1-3-5-16)20(26)22-18-13-27-12-15(18)10-14-6-8-21-9-7-14/h1-9,11,15,18,23H,10,12-13H2,(H,22,26)/t15-,18+/m1/s1. The summed E-state index contributed by atoms with van der Waals surface area (Å²) in [6.45, 7) is 1.06. The minimum atomic E-state index is -0.308. The first-order chi connectivity index (χ1) is 13.2. The molecule has 27 heavy (non-hydrogen) atoms. The fourth-order valence-corrected chi connectivity index (χ4v) is 3.31. The molecule has 4 rings (SSSR count). The highest BCUT2D eigenvalue weighted by atomic mass is 16.5. The van der Waals surface area contributed by atoms with Crippen molar-refractivity contribution in [3.8, 4) is 5.69 Å². The number of benzene rings is 1. The summed E-state index contributed by atoms with van der Waals surface area (Å²) in [5.74, 6) is -0.128. The maximum Gasteiger partial charge on any atom is 0.271 e. The lowest BCUT2D eigenvalue weighted by atomic mass is 9.95. The number of carbonyl (C=O) groups is 1. The SMILES string of the molecule is O=C(N[C@H]1COC[C@H]1Cc1ccncc1)c1cc(=O)n(-c2ccccc2)[nH]1. The molecule has 1 fully saturated rings. The number of rotatable bonds is 5. The van der Waals surface area contributed by atoms with Gasteiger partial charge in [-0.1, -0.05) is 18.2 Å². The van der Waals surface area contributed by atoms with Crippen molar-refractivity contribution in [2.75, 3.05) is 13.2 Å². The average Bonchev–Trinajstić information content (AvgIpc) is 3.30. The Morgan fingerprint density at radius 3 is 2.74 bits per heavy atom. The van der Waals surface area contributed by atoms with E-state index in [9.17, 15) is 9.59 Å². The van der Waals surface area contributed by atoms with E-state index in [1.165, 1.54) is 10.7 Å². The van der Waals surface area contributed by atoms with Crippen LogP contribution in [0.1, 0.15) is 16.1 Å². The van der Waals surface area contributed by atoms with Gasteiger partial charge in [-0.15, -0.1) is 0 Å². The van der Waals surface area contributed by atoms with E-state index in [4.69, 9.17) is 4.74 Å². The highest BCUT2D eigenvalue weighted by molar-refractivity contribution is 5.92. The van der Waals surface area contributed by atoms with Gasteiger partial charge in [-0.05, 0) is 36.2 Å². The molecule has 0 radical (unpaired) electrons. The van der Waals surface area contributed by atoms with Gasteiger partial charge in [-0.3, -0.25) is 19.7 Å². The molecule has 7 heteroatoms. The van der Waals surface area contributed by atoms with E-state index in [1.54, 1.807) is 24.5 Å². The zero-order valence-electron chi connectivity index (χ0n) is 14.7. The Bertz CT molecular complexity index is 966. The van der Waals surface area contributed by atoms with Crippen LogP contribution in [0, 0.1) is 5.92 Å². The summed E-state index contributed by atoms with van der Waals surface area (Å²) in [5.41, 5.74) is 1.80. The number of para-hydroxylation sites is 1. The lowest BCUT2D eigenvalue weighted by molar-refractivity contribution is 0.0919. The van der Waals surface area contributed by atoms with Crippen molar-refractivity contribution in [1.82, 2.24) is 20.1 Å². The van der Waals surface area contributed by atoms with Crippen LogP contribution in [0.5, 0.6) is 0 Å². The van der Waals surface area contributed by atoms with Gasteiger partial charge >= 0.3 is 0 Å². The molecule has 0 unspecified atom stereocenters. The number of nitrogens with one attached hydrogen (secondary N) is 2. The molecule has 1 saturated heterocycles. The second-order valence-electron chi connectivity index (χ2n) is 6.62. The summed E-state index contributed by atoms with van der Waals surface area (Å²) in [6.07, 6.45) is 4.32. The highest BCUT2D eigenvalue weighted by Crippen LogP contribution is 2.19. The number of carbonyl (C=O) groups excluding carboxylic acids is 1. The van der Waals surface area contributed by atoms with E-state index in [0.717, 1.165) is 12.0 Å². The molecule has 1 aromatic carbocycles. The van der Waals surface area contributed by atoms with E-state index in [-0.39, 0.29) is 29.1 Å². The number of hydrogen-bond donors (Lipinski definition) is 2. The van der Waals surface area contributed by atoms with Crippen LogP contribution in [0.3, 0.4) is 0 Å². The molecule has 1 aliphatic heterocycles. The number of H-pyrrole nitrogens is 1. The van der Waals surface area contributed by atoms with Crippen LogP contribution in [-0.2, 0) is 11.2 Å². The molecule has 7 nitrogen and oxygen atoms in total. The van der Waals surface area contributed by atoms with E-state index in [1.807, 2.05) is 30.3 Å². The van der Waals surface area contributed by atoms with Crippen LogP contribution in [0.4, 0.5) is 0 Å². The van der Waals surface area contributed by atoms with Gasteiger partial charge in [0.15, 0.2) is 0 Å². The van der Waals surface area contributed by atoms with Crippen molar-refractivity contribution in [1.29, 1.82) is 0 Å². The van der Waals surface area contributed by atoms with E-state index in [0.29, 0.717) is 18.9 Å². The van der Waals surface area contributed by atoms with Crippen LogP contribution < -0.4 is 10.9 Å². The third kappa shape index (κ3) is 3.83. The number of ether oxygens (including phenoxy) is 1. The molecular formula is C20H20N4O3. The van der Waals surface area contributed by atoms with Crippen molar-refractivity contribution in [2.24, 2.45) is 5.92 Å². The van der Waals surface area contributed by atoms with E-state index in [2.05, 4.69) is 15.4 Å². The lowest BCUT2D eigenvalue weighted by Gasteiger charge is -2.18. The first-order valence-electron chi connectivity index (χ1n) is 8.86. The van der Waals surface area contributed by atoms with Crippen molar-refractivity contribution in [2.45, 2.75) is 12.5 Å². The quantitative estimate of drug-likeness (QED) is 0.719. The highest BCUT2D eigenvalue weighted by Gasteiger charge is 2.30. The summed E-state index contributed by atoms with van der Waals surface area (Å²) in [6, 6.07) is 14.3. The Morgan fingerprint density at radius 2 is 1.96 bits per heavy atom. The second kappa shape index (κ2) is 7.59. The molecule has 0 saturated carbocycles.